The summed E-state index contributed by atoms with van der Waals surface area (Å²) in [6, 6.07) is 0. The second-order valence-corrected chi connectivity index (χ2v) is 0. The van der Waals surface area contributed by atoms with Gasteiger partial charge in [0.15, 0.2) is 17.4 Å². The van der Waals surface area contributed by atoms with Crippen molar-refractivity contribution in [1.29, 1.82) is 0 Å². The van der Waals surface area contributed by atoms with Gasteiger partial charge in [-0.2, -0.15) is 0 Å². The Balaban J connectivity index is 0. The Labute approximate surface area is 107 Å². The molecule has 40 valence electrons. The molecule has 0 amide bonds. The molecule has 0 heterocycles. The van der Waals surface area contributed by atoms with E-state index in [9.17, 15) is 0 Å². The van der Waals surface area contributed by atoms with Crippen LogP contribution in [0.5, 0.6) is 0 Å². The van der Waals surface area contributed by atoms with Crippen molar-refractivity contribution < 1.29 is 91.7 Å². The molecule has 0 bridgehead atoms. The number of hydrogen-bond acceptors (Lipinski definition) is 0. The molecule has 0 rings (SSSR count). The van der Waals surface area contributed by atoms with Crippen molar-refractivity contribution in [2.24, 2.45) is 0 Å². The second-order valence-electron chi connectivity index (χ2n) is 0. The van der Waals surface area contributed by atoms with Crippen LogP contribution in [0.15, 0.2) is 0 Å². The Bertz CT molecular complexity index is 15.5. The maximum Gasteiger partial charge on any atom is 0.187 e. The van der Waals surface area contributed by atoms with Gasteiger partial charge in [-0.25, -0.2) is 0 Å². The zero-order chi connectivity index (χ0) is 0. The van der Waals surface area contributed by atoms with Gasteiger partial charge in [-0.3, -0.25) is 0 Å². The Morgan fingerprint density at radius 1 is 1.00 bits per heavy atom. The molecule has 0 atom stereocenters. The molecular weight excluding hydrogens is 363 g/mol. The van der Waals surface area contributed by atoms with Crippen molar-refractivity contribution >= 4 is 17.4 Å². The molecule has 0 unspecified atom stereocenters. The molecule has 0 aromatic carbocycles. The normalized spacial score (nSPS) is 0. The third kappa shape index (κ3) is 26.2. The number of rotatable bonds is 0. The molecule has 0 nitrogen and oxygen atoms in total. The molecule has 0 aromatic heterocycles. The molecule has 6 heavy (non-hydrogen) atoms. The minimum Gasteiger partial charge on any atom is 0 e. The fourth-order valence-electron chi connectivity index (χ4n) is 0. The standard InChI is InChI=1S/Al.Cu.Fe.Mn.Mo.Zn.3H. The van der Waals surface area contributed by atoms with Gasteiger partial charge in [0.2, 0.25) is 0 Å². The van der Waals surface area contributed by atoms with Crippen LogP contribution in [0.25, 0.3) is 0 Å². The summed E-state index contributed by atoms with van der Waals surface area (Å²) in [7, 11) is 0. The molecule has 2 radical (unpaired) electrons. The summed E-state index contributed by atoms with van der Waals surface area (Å²) >= 11 is 0. The molecule has 0 aromatic rings. The van der Waals surface area contributed by atoms with E-state index < -0.39 is 0 Å². The van der Waals surface area contributed by atoms with Gasteiger partial charge in [0.05, 0.1) is 0 Å². The Morgan fingerprint density at radius 3 is 1.00 bits per heavy atom. The van der Waals surface area contributed by atoms with E-state index in [1.165, 1.54) is 0 Å². The van der Waals surface area contributed by atoms with E-state index >= 15 is 0 Å². The second kappa shape index (κ2) is 39.8. The minimum atomic E-state index is 0. The summed E-state index contributed by atoms with van der Waals surface area (Å²) in [5.41, 5.74) is 0. The summed E-state index contributed by atoms with van der Waals surface area (Å²) in [5.74, 6) is 0. The number of hydrogen-bond donors (Lipinski definition) is 0. The van der Waals surface area contributed by atoms with Crippen molar-refractivity contribution in [2.45, 2.75) is 0 Å². The predicted octanol–water partition coefficient (Wildman–Crippen LogP) is -1.20. The van der Waals surface area contributed by atoms with Crippen LogP contribution in [-0.2, 0) is 91.7 Å². The van der Waals surface area contributed by atoms with E-state index in [1.807, 2.05) is 0 Å². The van der Waals surface area contributed by atoms with E-state index in [4.69, 9.17) is 0 Å². The van der Waals surface area contributed by atoms with Crippen LogP contribution >= 0.6 is 0 Å². The van der Waals surface area contributed by atoms with Crippen molar-refractivity contribution in [1.82, 2.24) is 0 Å². The SMILES string of the molecule is [AlH3].[Cu].[Fe].[Mn].[Mo].[Zn]. The average molecular weight is 366 g/mol. The van der Waals surface area contributed by atoms with Crippen LogP contribution in [0, 0.1) is 0 Å². The van der Waals surface area contributed by atoms with Gasteiger partial charge in [0.1, 0.15) is 0 Å². The summed E-state index contributed by atoms with van der Waals surface area (Å²) in [4.78, 5) is 0. The smallest absolute Gasteiger partial charge is 0 e. The zero-order valence-electron chi connectivity index (χ0n) is 2.15. The van der Waals surface area contributed by atoms with E-state index in [1.54, 1.807) is 0 Å². The van der Waals surface area contributed by atoms with Gasteiger partial charge >= 0.3 is 0 Å². The average Bonchev–Trinajstić information content (AvgIpc) is 0. The van der Waals surface area contributed by atoms with Gasteiger partial charge in [-0.05, 0) is 0 Å². The molecule has 0 N–H and O–H groups in total. The van der Waals surface area contributed by atoms with Crippen LogP contribution in [0.4, 0.5) is 0 Å². The van der Waals surface area contributed by atoms with Crippen LogP contribution in [0.2, 0.25) is 0 Å². The van der Waals surface area contributed by atoms with Crippen molar-refractivity contribution in [3.8, 4) is 0 Å². The summed E-state index contributed by atoms with van der Waals surface area (Å²) < 4.78 is 0. The van der Waals surface area contributed by atoms with Gasteiger partial charge < -0.3 is 0 Å². The molecule has 0 aliphatic heterocycles. The monoisotopic (exact) mass is 366 g/mol. The van der Waals surface area contributed by atoms with Crippen LogP contribution < -0.4 is 0 Å². The third-order valence-corrected chi connectivity index (χ3v) is 0. The predicted molar refractivity (Wildman–Crippen MR) is 9.94 cm³/mol. The zero-order valence-corrected chi connectivity index (χ0v) is 10.3. The summed E-state index contributed by atoms with van der Waals surface area (Å²) in [6.07, 6.45) is 0. The molecule has 6 heteroatoms. The Kier molecular flexibility index (Phi) is 380. The molecule has 0 aliphatic rings. The van der Waals surface area contributed by atoms with E-state index in [-0.39, 0.29) is 109 Å². The maximum absolute atomic E-state index is 0. The summed E-state index contributed by atoms with van der Waals surface area (Å²) in [5, 5.41) is 0. The van der Waals surface area contributed by atoms with Gasteiger partial charge in [-0.1, -0.05) is 0 Å². The fourth-order valence-corrected chi connectivity index (χ4v) is 0. The van der Waals surface area contributed by atoms with Gasteiger partial charge in [0, 0.05) is 91.7 Å². The first kappa shape index (κ1) is 57.3. The van der Waals surface area contributed by atoms with Gasteiger partial charge in [0.25, 0.3) is 0 Å². The molecular formula is H3AlCuFeMnMoZn. The Morgan fingerprint density at radius 2 is 1.00 bits per heavy atom. The first-order valence-electron chi connectivity index (χ1n) is 0. The first-order valence-corrected chi connectivity index (χ1v) is 0. The largest absolute Gasteiger partial charge is 0.187 e. The van der Waals surface area contributed by atoms with E-state index in [2.05, 4.69) is 0 Å². The quantitative estimate of drug-likeness (QED) is 0.473. The van der Waals surface area contributed by atoms with Crippen molar-refractivity contribution in [3.05, 3.63) is 0 Å². The molecule has 0 saturated heterocycles. The van der Waals surface area contributed by atoms with E-state index in [0.717, 1.165) is 0 Å². The Hall–Kier alpha value is 3.40. The maximum atomic E-state index is 0. The minimum absolute atomic E-state index is 0. The fraction of sp³-hybridized carbons (Fsp3) is 0. The molecule has 0 saturated carbocycles. The van der Waals surface area contributed by atoms with Crippen LogP contribution in [-0.4, -0.2) is 17.4 Å². The van der Waals surface area contributed by atoms with Crippen molar-refractivity contribution in [3.63, 3.8) is 0 Å². The topological polar surface area (TPSA) is 0 Å². The summed E-state index contributed by atoms with van der Waals surface area (Å²) in [6.45, 7) is 0. The van der Waals surface area contributed by atoms with Crippen LogP contribution in [0.3, 0.4) is 0 Å². The van der Waals surface area contributed by atoms with Crippen LogP contribution in [0.1, 0.15) is 0 Å². The third-order valence-electron chi connectivity index (χ3n) is 0. The molecule has 0 aliphatic carbocycles. The first-order chi connectivity index (χ1) is 0. The molecule has 0 fully saturated rings. The molecule has 0 spiro atoms. The van der Waals surface area contributed by atoms with Crippen molar-refractivity contribution in [2.75, 3.05) is 0 Å². The van der Waals surface area contributed by atoms with E-state index in [0.29, 0.717) is 0 Å². The van der Waals surface area contributed by atoms with Gasteiger partial charge in [-0.15, -0.1) is 0 Å².